The molecular formula is C28H25Cl2FN6. The number of rotatable bonds is 7. The monoisotopic (exact) mass is 534 g/mol. The summed E-state index contributed by atoms with van der Waals surface area (Å²) in [4.78, 5) is 9.25. The van der Waals surface area contributed by atoms with E-state index in [1.54, 1.807) is 30.5 Å². The van der Waals surface area contributed by atoms with Crippen molar-refractivity contribution < 1.29 is 4.39 Å². The van der Waals surface area contributed by atoms with E-state index < -0.39 is 0 Å². The molecule has 1 saturated heterocycles. The van der Waals surface area contributed by atoms with Crippen molar-refractivity contribution in [2.45, 2.75) is 25.9 Å². The topological polar surface area (TPSA) is 78.6 Å². The fraction of sp³-hybridized carbons (Fsp3) is 0.250. The van der Waals surface area contributed by atoms with Crippen molar-refractivity contribution in [2.75, 3.05) is 18.4 Å². The molecule has 0 unspecified atom stereocenters. The van der Waals surface area contributed by atoms with Crippen molar-refractivity contribution in [2.24, 2.45) is 5.92 Å². The second kappa shape index (κ2) is 10.9. The second-order valence-electron chi connectivity index (χ2n) is 9.10. The van der Waals surface area contributed by atoms with E-state index in [0.717, 1.165) is 31.5 Å². The first kappa shape index (κ1) is 25.2. The van der Waals surface area contributed by atoms with Crippen molar-refractivity contribution in [3.8, 4) is 17.3 Å². The SMILES string of the molecule is C=Cc1ccc(CNc2ncc3c(C#N)c(-c4c(Cl)cccc4Cl)n(C[C@@H]4CCCNC4)c3n2)cc1F. The summed E-state index contributed by atoms with van der Waals surface area (Å²) in [7, 11) is 0. The molecule has 1 aliphatic heterocycles. The van der Waals surface area contributed by atoms with E-state index in [0.29, 0.717) is 68.4 Å². The lowest BCUT2D eigenvalue weighted by atomic mass is 9.99. The number of nitriles is 1. The minimum atomic E-state index is -0.333. The average molecular weight is 535 g/mol. The highest BCUT2D eigenvalue weighted by Gasteiger charge is 2.26. The molecule has 1 aliphatic rings. The van der Waals surface area contributed by atoms with E-state index in [9.17, 15) is 9.65 Å². The number of aromatic nitrogens is 3. The molecule has 1 fully saturated rings. The van der Waals surface area contributed by atoms with Gasteiger partial charge in [0.05, 0.1) is 26.7 Å². The van der Waals surface area contributed by atoms with E-state index in [-0.39, 0.29) is 5.82 Å². The van der Waals surface area contributed by atoms with Gasteiger partial charge in [-0.15, -0.1) is 0 Å². The molecule has 5 rings (SSSR count). The highest BCUT2D eigenvalue weighted by Crippen LogP contribution is 2.41. The molecule has 37 heavy (non-hydrogen) atoms. The Morgan fingerprint density at radius 2 is 2.08 bits per heavy atom. The van der Waals surface area contributed by atoms with Crippen LogP contribution in [0.4, 0.5) is 10.3 Å². The number of piperidine rings is 1. The lowest BCUT2D eigenvalue weighted by molar-refractivity contribution is 0.341. The molecule has 0 spiro atoms. The highest BCUT2D eigenvalue weighted by molar-refractivity contribution is 6.39. The van der Waals surface area contributed by atoms with Crippen LogP contribution >= 0.6 is 23.2 Å². The molecular weight excluding hydrogens is 510 g/mol. The van der Waals surface area contributed by atoms with Crippen molar-refractivity contribution in [1.82, 2.24) is 19.9 Å². The van der Waals surface area contributed by atoms with Gasteiger partial charge in [-0.25, -0.2) is 9.37 Å². The number of hydrogen-bond acceptors (Lipinski definition) is 5. The van der Waals surface area contributed by atoms with Gasteiger partial charge in [0.25, 0.3) is 0 Å². The van der Waals surface area contributed by atoms with Crippen LogP contribution < -0.4 is 10.6 Å². The van der Waals surface area contributed by atoms with Crippen LogP contribution in [0.25, 0.3) is 28.4 Å². The van der Waals surface area contributed by atoms with Crippen LogP contribution in [0.2, 0.25) is 10.0 Å². The summed E-state index contributed by atoms with van der Waals surface area (Å²) in [5.41, 5.74) is 3.51. The zero-order valence-corrected chi connectivity index (χ0v) is 21.6. The molecule has 6 nitrogen and oxygen atoms in total. The van der Waals surface area contributed by atoms with Crippen LogP contribution in [0.1, 0.15) is 29.5 Å². The smallest absolute Gasteiger partial charge is 0.224 e. The maximum Gasteiger partial charge on any atom is 0.224 e. The van der Waals surface area contributed by atoms with Crippen molar-refractivity contribution in [3.63, 3.8) is 0 Å². The Balaban J connectivity index is 1.59. The average Bonchev–Trinajstić information content (AvgIpc) is 3.20. The summed E-state index contributed by atoms with van der Waals surface area (Å²) in [6, 6.07) is 12.6. The van der Waals surface area contributed by atoms with Crippen LogP contribution in [-0.4, -0.2) is 27.6 Å². The van der Waals surface area contributed by atoms with Gasteiger partial charge in [-0.2, -0.15) is 10.2 Å². The third-order valence-electron chi connectivity index (χ3n) is 6.69. The summed E-state index contributed by atoms with van der Waals surface area (Å²) < 4.78 is 16.2. The molecule has 0 aliphatic carbocycles. The van der Waals surface area contributed by atoms with Crippen molar-refractivity contribution in [1.29, 1.82) is 5.26 Å². The van der Waals surface area contributed by atoms with Gasteiger partial charge in [0, 0.05) is 30.4 Å². The number of hydrogen-bond donors (Lipinski definition) is 2. The standard InChI is InChI=1S/C28H25Cl2FN6/c1-2-19-9-8-17(11-24(19)31)14-34-28-35-15-21-20(12-32)26(25-22(29)6-3-7-23(25)30)37(27(21)36-28)16-18-5-4-10-33-13-18/h2-3,6-9,11,15,18,33H,1,4-5,10,13-14,16H2,(H,34,35,36)/t18-/m1/s1. The van der Waals surface area contributed by atoms with E-state index in [1.807, 2.05) is 10.6 Å². The normalized spacial score (nSPS) is 15.5. The van der Waals surface area contributed by atoms with Gasteiger partial charge in [-0.1, -0.05) is 54.1 Å². The fourth-order valence-electron chi connectivity index (χ4n) is 4.85. The Morgan fingerprint density at radius 3 is 2.76 bits per heavy atom. The molecule has 2 N–H and O–H groups in total. The molecule has 0 saturated carbocycles. The van der Waals surface area contributed by atoms with Gasteiger partial charge in [0.2, 0.25) is 5.95 Å². The van der Waals surface area contributed by atoms with Gasteiger partial charge in [0.1, 0.15) is 17.5 Å². The maximum atomic E-state index is 14.2. The van der Waals surface area contributed by atoms with Gasteiger partial charge >= 0.3 is 0 Å². The summed E-state index contributed by atoms with van der Waals surface area (Å²) in [6.07, 6.45) is 5.27. The maximum absolute atomic E-state index is 14.2. The van der Waals surface area contributed by atoms with Gasteiger partial charge < -0.3 is 15.2 Å². The molecule has 2 aromatic heterocycles. The molecule has 2 aromatic carbocycles. The van der Waals surface area contributed by atoms with Gasteiger partial charge in [0.15, 0.2) is 0 Å². The summed E-state index contributed by atoms with van der Waals surface area (Å²) in [5.74, 6) is 0.400. The molecule has 0 radical (unpaired) electrons. The predicted molar refractivity (Wildman–Crippen MR) is 147 cm³/mol. The first-order valence-corrected chi connectivity index (χ1v) is 12.8. The number of halogens is 3. The number of nitrogens with one attached hydrogen (secondary N) is 2. The molecule has 4 aromatic rings. The van der Waals surface area contributed by atoms with Gasteiger partial charge in [-0.3, -0.25) is 0 Å². The lowest BCUT2D eigenvalue weighted by Crippen LogP contribution is -2.32. The summed E-state index contributed by atoms with van der Waals surface area (Å²) >= 11 is 13.2. The summed E-state index contributed by atoms with van der Waals surface area (Å²) in [6.45, 7) is 6.48. The molecule has 3 heterocycles. The zero-order valence-electron chi connectivity index (χ0n) is 20.1. The third kappa shape index (κ3) is 5.05. The van der Waals surface area contributed by atoms with Crippen LogP contribution in [-0.2, 0) is 13.1 Å². The Hall–Kier alpha value is -3.44. The van der Waals surface area contributed by atoms with Crippen LogP contribution in [0.3, 0.4) is 0 Å². The molecule has 188 valence electrons. The van der Waals surface area contributed by atoms with Gasteiger partial charge in [-0.05, 0) is 55.6 Å². The zero-order chi connectivity index (χ0) is 25.9. The first-order valence-electron chi connectivity index (χ1n) is 12.1. The molecule has 9 heteroatoms. The van der Waals surface area contributed by atoms with E-state index >= 15 is 0 Å². The largest absolute Gasteiger partial charge is 0.350 e. The number of anilines is 1. The predicted octanol–water partition coefficient (Wildman–Crippen LogP) is 6.67. The third-order valence-corrected chi connectivity index (χ3v) is 7.32. The van der Waals surface area contributed by atoms with Crippen LogP contribution in [0, 0.1) is 23.1 Å². The second-order valence-corrected chi connectivity index (χ2v) is 9.91. The Kier molecular flexibility index (Phi) is 7.43. The Labute approximate surface area is 224 Å². The molecule has 0 bridgehead atoms. The van der Waals surface area contributed by atoms with E-state index in [4.69, 9.17) is 28.2 Å². The van der Waals surface area contributed by atoms with E-state index in [1.165, 1.54) is 12.1 Å². The quantitative estimate of drug-likeness (QED) is 0.276. The van der Waals surface area contributed by atoms with Crippen molar-refractivity contribution in [3.05, 3.63) is 81.7 Å². The lowest BCUT2D eigenvalue weighted by Gasteiger charge is -2.25. The highest BCUT2D eigenvalue weighted by atomic mass is 35.5. The minimum absolute atomic E-state index is 0.333. The number of nitrogens with zero attached hydrogens (tertiary/aromatic N) is 4. The minimum Gasteiger partial charge on any atom is -0.350 e. The van der Waals surface area contributed by atoms with Crippen LogP contribution in [0.5, 0.6) is 0 Å². The number of benzene rings is 2. The molecule has 1 atom stereocenters. The Bertz CT molecular complexity index is 1500. The number of fused-ring (bicyclic) bond motifs is 1. The van der Waals surface area contributed by atoms with E-state index in [2.05, 4.69) is 28.3 Å². The summed E-state index contributed by atoms with van der Waals surface area (Å²) in [5, 5.41) is 18.4. The first-order chi connectivity index (χ1) is 18.0. The fourth-order valence-corrected chi connectivity index (χ4v) is 5.43. The Morgan fingerprint density at radius 1 is 1.27 bits per heavy atom. The van der Waals surface area contributed by atoms with Crippen LogP contribution in [0.15, 0.2) is 49.2 Å². The molecule has 0 amide bonds. The van der Waals surface area contributed by atoms with Crippen molar-refractivity contribution >= 4 is 46.3 Å².